The second-order valence-electron chi connectivity index (χ2n) is 6.12. The van der Waals surface area contributed by atoms with E-state index in [2.05, 4.69) is 4.98 Å². The molecule has 1 fully saturated rings. The number of aromatic hydroxyl groups is 1. The highest BCUT2D eigenvalue weighted by Gasteiger charge is 2.25. The largest absolute Gasteiger partial charge is 0.507 e. The summed E-state index contributed by atoms with van der Waals surface area (Å²) in [5.41, 5.74) is 6.40. The normalized spacial score (nSPS) is 17.5. The smallest absolute Gasteiger partial charge is 0.407 e. The third-order valence-corrected chi connectivity index (χ3v) is 4.22. The van der Waals surface area contributed by atoms with Crippen molar-refractivity contribution in [1.29, 1.82) is 0 Å². The Labute approximate surface area is 143 Å². The molecule has 2 amide bonds. The third kappa shape index (κ3) is 3.42. The summed E-state index contributed by atoms with van der Waals surface area (Å²) in [5.74, 6) is -0.494. The molecule has 3 rings (SSSR count). The monoisotopic (exact) mass is 345 g/mol. The number of benzene rings is 1. The maximum atomic E-state index is 11.4. The highest BCUT2D eigenvalue weighted by atomic mass is 16.5. The number of likely N-dealkylation sites (tertiary alicyclic amines) is 1. The van der Waals surface area contributed by atoms with E-state index >= 15 is 0 Å². The van der Waals surface area contributed by atoms with Crippen LogP contribution in [-0.4, -0.2) is 51.3 Å². The van der Waals surface area contributed by atoms with Crippen molar-refractivity contribution >= 4 is 22.9 Å². The third-order valence-electron chi connectivity index (χ3n) is 4.22. The van der Waals surface area contributed by atoms with Crippen molar-refractivity contribution in [3.8, 4) is 11.5 Å². The van der Waals surface area contributed by atoms with Crippen molar-refractivity contribution in [1.82, 2.24) is 9.88 Å². The van der Waals surface area contributed by atoms with Gasteiger partial charge < -0.3 is 25.6 Å². The van der Waals surface area contributed by atoms with Crippen molar-refractivity contribution in [3.63, 3.8) is 0 Å². The number of hydrogen-bond donors (Lipinski definition) is 3. The fraction of sp³-hybridized carbons (Fsp3) is 0.353. The number of carboxylic acid groups (broad SMARTS) is 1. The predicted octanol–water partition coefficient (Wildman–Crippen LogP) is 1.87. The summed E-state index contributed by atoms with van der Waals surface area (Å²) < 4.78 is 6.01. The lowest BCUT2D eigenvalue weighted by Gasteiger charge is -2.31. The maximum Gasteiger partial charge on any atom is 0.407 e. The zero-order valence-corrected chi connectivity index (χ0v) is 13.7. The van der Waals surface area contributed by atoms with Crippen molar-refractivity contribution in [2.24, 2.45) is 5.73 Å². The number of nitrogens with zero attached hydrogens (tertiary/aromatic N) is 2. The van der Waals surface area contributed by atoms with Crippen LogP contribution in [0, 0.1) is 6.92 Å². The summed E-state index contributed by atoms with van der Waals surface area (Å²) >= 11 is 0. The number of rotatable bonds is 3. The predicted molar refractivity (Wildman–Crippen MR) is 89.9 cm³/mol. The summed E-state index contributed by atoms with van der Waals surface area (Å²) in [7, 11) is 0. The summed E-state index contributed by atoms with van der Waals surface area (Å²) in [6.45, 7) is 2.56. The molecule has 0 radical (unpaired) electrons. The Kier molecular flexibility index (Phi) is 4.35. The van der Waals surface area contributed by atoms with Crippen LogP contribution in [0.15, 0.2) is 18.2 Å². The van der Waals surface area contributed by atoms with Crippen LogP contribution in [0.1, 0.15) is 28.9 Å². The van der Waals surface area contributed by atoms with Gasteiger partial charge in [0.2, 0.25) is 0 Å². The molecule has 4 N–H and O–H groups in total. The molecular weight excluding hydrogens is 326 g/mol. The second kappa shape index (κ2) is 6.46. The molecule has 0 unspecified atom stereocenters. The van der Waals surface area contributed by atoms with E-state index in [0.29, 0.717) is 28.9 Å². The number of piperidine rings is 1. The summed E-state index contributed by atoms with van der Waals surface area (Å²) in [4.78, 5) is 28.2. The Morgan fingerprint density at radius 2 is 2.12 bits per heavy atom. The Bertz CT molecular complexity index is 852. The average Bonchev–Trinajstić information content (AvgIpc) is 2.55. The van der Waals surface area contributed by atoms with Gasteiger partial charge in [-0.2, -0.15) is 0 Å². The highest BCUT2D eigenvalue weighted by molar-refractivity contribution is 6.00. The molecule has 1 aromatic heterocycles. The van der Waals surface area contributed by atoms with E-state index in [4.69, 9.17) is 15.6 Å². The van der Waals surface area contributed by atoms with E-state index in [1.807, 2.05) is 0 Å². The topological polar surface area (TPSA) is 126 Å². The van der Waals surface area contributed by atoms with Crippen molar-refractivity contribution in [3.05, 3.63) is 29.5 Å². The van der Waals surface area contributed by atoms with Gasteiger partial charge in [0.15, 0.2) is 0 Å². The van der Waals surface area contributed by atoms with Gasteiger partial charge in [0.05, 0.1) is 17.6 Å². The Morgan fingerprint density at radius 1 is 1.36 bits per heavy atom. The van der Waals surface area contributed by atoms with E-state index in [1.165, 1.54) is 17.0 Å². The minimum atomic E-state index is -0.965. The molecule has 0 saturated carbocycles. The van der Waals surface area contributed by atoms with Crippen LogP contribution in [0.25, 0.3) is 10.9 Å². The molecule has 8 heteroatoms. The number of fused-ring (bicyclic) bond motifs is 1. The Balaban J connectivity index is 1.97. The fourth-order valence-corrected chi connectivity index (χ4v) is 3.04. The van der Waals surface area contributed by atoms with Gasteiger partial charge in [-0.3, -0.25) is 9.78 Å². The molecule has 0 spiro atoms. The number of carbonyl (C=O) groups is 2. The first kappa shape index (κ1) is 16.8. The number of amides is 2. The van der Waals surface area contributed by atoms with Crippen molar-refractivity contribution in [2.75, 3.05) is 13.1 Å². The van der Waals surface area contributed by atoms with Crippen LogP contribution in [0.4, 0.5) is 4.79 Å². The molecule has 1 aromatic carbocycles. The summed E-state index contributed by atoms with van der Waals surface area (Å²) in [6.07, 6.45) is 0.203. The molecular formula is C17H19N3O5. The first-order chi connectivity index (χ1) is 11.8. The first-order valence-corrected chi connectivity index (χ1v) is 7.94. The molecule has 0 bridgehead atoms. The van der Waals surface area contributed by atoms with Gasteiger partial charge in [0.1, 0.15) is 17.6 Å². The molecule has 1 saturated heterocycles. The molecule has 25 heavy (non-hydrogen) atoms. The van der Waals surface area contributed by atoms with E-state index in [9.17, 15) is 14.7 Å². The second-order valence-corrected chi connectivity index (χ2v) is 6.12. The average molecular weight is 345 g/mol. The number of aryl methyl sites for hydroxylation is 1. The number of phenols is 1. The zero-order valence-electron chi connectivity index (χ0n) is 13.7. The maximum absolute atomic E-state index is 11.4. The number of ether oxygens (including phenoxy) is 1. The van der Waals surface area contributed by atoms with Crippen LogP contribution in [0.2, 0.25) is 0 Å². The highest BCUT2D eigenvalue weighted by Crippen LogP contribution is 2.32. The number of carbonyl (C=O) groups excluding carboxylic acids is 1. The lowest BCUT2D eigenvalue weighted by atomic mass is 10.1. The minimum absolute atomic E-state index is 0.00808. The van der Waals surface area contributed by atoms with E-state index in [1.54, 1.807) is 13.0 Å². The van der Waals surface area contributed by atoms with E-state index in [0.717, 1.165) is 12.8 Å². The number of primary amides is 1. The lowest BCUT2D eigenvalue weighted by Crippen LogP contribution is -2.43. The number of aromatic nitrogens is 1. The standard InChI is InChI=1S/C17H19N3O5/c1-9-5-15(25-10-3-2-4-20(8-10)17(23)24)11-7-14(21)12(16(18)22)6-13(11)19-9/h5-7,10,21H,2-4,8H2,1H3,(H2,18,22)(H,23,24)/t10-/m1/s1. The van der Waals surface area contributed by atoms with Crippen LogP contribution < -0.4 is 10.5 Å². The first-order valence-electron chi connectivity index (χ1n) is 7.94. The molecule has 0 aliphatic carbocycles. The van der Waals surface area contributed by atoms with Gasteiger partial charge >= 0.3 is 6.09 Å². The zero-order chi connectivity index (χ0) is 18.1. The molecule has 2 heterocycles. The molecule has 1 aliphatic heterocycles. The molecule has 8 nitrogen and oxygen atoms in total. The van der Waals surface area contributed by atoms with Gasteiger partial charge in [-0.15, -0.1) is 0 Å². The number of hydrogen-bond acceptors (Lipinski definition) is 5. The Morgan fingerprint density at radius 3 is 2.80 bits per heavy atom. The van der Waals surface area contributed by atoms with Crippen molar-refractivity contribution in [2.45, 2.75) is 25.9 Å². The number of nitrogens with two attached hydrogens (primary N) is 1. The van der Waals surface area contributed by atoms with Crippen LogP contribution in [0.3, 0.4) is 0 Å². The van der Waals surface area contributed by atoms with Gasteiger partial charge in [0.25, 0.3) is 5.91 Å². The van der Waals surface area contributed by atoms with E-state index in [-0.39, 0.29) is 24.0 Å². The quantitative estimate of drug-likeness (QED) is 0.779. The Hall–Kier alpha value is -3.03. The van der Waals surface area contributed by atoms with Gasteiger partial charge in [-0.1, -0.05) is 0 Å². The SMILES string of the molecule is Cc1cc(O[C@@H]2CCCN(C(=O)O)C2)c2cc(O)c(C(N)=O)cc2n1. The van der Waals surface area contributed by atoms with Gasteiger partial charge in [0, 0.05) is 23.7 Å². The molecule has 132 valence electrons. The number of pyridine rings is 1. The van der Waals surface area contributed by atoms with Crippen LogP contribution in [-0.2, 0) is 0 Å². The van der Waals surface area contributed by atoms with Crippen LogP contribution in [0.5, 0.6) is 11.5 Å². The van der Waals surface area contributed by atoms with Gasteiger partial charge in [-0.25, -0.2) is 4.79 Å². The molecule has 1 aliphatic rings. The molecule has 1 atom stereocenters. The van der Waals surface area contributed by atoms with E-state index < -0.39 is 12.0 Å². The van der Waals surface area contributed by atoms with Crippen molar-refractivity contribution < 1.29 is 24.5 Å². The van der Waals surface area contributed by atoms with Gasteiger partial charge in [-0.05, 0) is 31.9 Å². The minimum Gasteiger partial charge on any atom is -0.507 e. The fourth-order valence-electron chi connectivity index (χ4n) is 3.04. The molecule has 2 aromatic rings. The van der Waals surface area contributed by atoms with Crippen LogP contribution >= 0.6 is 0 Å². The summed E-state index contributed by atoms with van der Waals surface area (Å²) in [6, 6.07) is 4.55. The summed E-state index contributed by atoms with van der Waals surface area (Å²) in [5, 5.41) is 19.7. The lowest BCUT2D eigenvalue weighted by molar-refractivity contribution is 0.0799.